The first-order valence-electron chi connectivity index (χ1n) is 12.6. The summed E-state index contributed by atoms with van der Waals surface area (Å²) in [6, 6.07) is 14.5. The highest BCUT2D eigenvalue weighted by atomic mass is 35.5. The predicted molar refractivity (Wildman–Crippen MR) is 144 cm³/mol. The molecule has 3 aromatic carbocycles. The number of β-amino-alcohol motifs (C(OH)–C–C–N with tert-alkyl or cyclic N) is 1. The second-order valence-corrected chi connectivity index (χ2v) is 9.49. The molecule has 11 heteroatoms. The van der Waals surface area contributed by atoms with Crippen LogP contribution in [0.3, 0.4) is 0 Å². The Morgan fingerprint density at radius 1 is 0.900 bits per heavy atom. The number of anilines is 1. The van der Waals surface area contributed by atoms with Gasteiger partial charge in [-0.2, -0.15) is 13.2 Å². The number of halogens is 6. The Hall–Kier alpha value is -3.21. The summed E-state index contributed by atoms with van der Waals surface area (Å²) in [6.45, 7) is 2.57. The number of nitrogens with zero attached hydrogens (tertiary/aromatic N) is 2. The summed E-state index contributed by atoms with van der Waals surface area (Å²) in [7, 11) is 0. The monoisotopic (exact) mass is 584 g/mol. The molecule has 0 aliphatic carbocycles. The van der Waals surface area contributed by atoms with Crippen molar-refractivity contribution in [3.8, 4) is 5.75 Å². The lowest BCUT2D eigenvalue weighted by molar-refractivity contribution is -0.137. The molecular formula is C29H30ClF5N2O3. The van der Waals surface area contributed by atoms with E-state index >= 15 is 0 Å². The highest BCUT2D eigenvalue weighted by molar-refractivity contribution is 5.98. The van der Waals surface area contributed by atoms with E-state index < -0.39 is 23.7 Å². The molecule has 0 radical (unpaired) electrons. The van der Waals surface area contributed by atoms with Crippen LogP contribution in [0.5, 0.6) is 5.75 Å². The van der Waals surface area contributed by atoms with Gasteiger partial charge in [-0.05, 0) is 66.6 Å². The fraction of sp³-hybridized carbons (Fsp3) is 0.345. The Morgan fingerprint density at radius 3 is 2.15 bits per heavy atom. The number of hydrogen-bond donors (Lipinski definition) is 1. The maximum absolute atomic E-state index is 13.9. The second-order valence-electron chi connectivity index (χ2n) is 9.49. The number of piperazine rings is 1. The van der Waals surface area contributed by atoms with Gasteiger partial charge in [-0.3, -0.25) is 9.69 Å². The molecular weight excluding hydrogens is 555 g/mol. The summed E-state index contributed by atoms with van der Waals surface area (Å²) in [5.74, 6) is -1.11. The topological polar surface area (TPSA) is 53.0 Å². The molecule has 1 saturated heterocycles. The van der Waals surface area contributed by atoms with Crippen LogP contribution in [-0.2, 0) is 12.6 Å². The van der Waals surface area contributed by atoms with E-state index in [1.165, 1.54) is 36.4 Å². The first-order valence-corrected chi connectivity index (χ1v) is 12.6. The highest BCUT2D eigenvalue weighted by Gasteiger charge is 2.30. The van der Waals surface area contributed by atoms with Crippen LogP contribution in [0.25, 0.3) is 0 Å². The molecule has 3 aromatic rings. The van der Waals surface area contributed by atoms with Gasteiger partial charge in [0, 0.05) is 44.8 Å². The summed E-state index contributed by atoms with van der Waals surface area (Å²) in [4.78, 5) is 16.8. The van der Waals surface area contributed by atoms with Gasteiger partial charge < -0.3 is 14.7 Å². The number of alkyl halides is 3. The minimum absolute atomic E-state index is 0. The molecule has 1 aliphatic rings. The molecule has 0 spiro atoms. The van der Waals surface area contributed by atoms with Crippen molar-refractivity contribution in [2.75, 3.05) is 44.2 Å². The van der Waals surface area contributed by atoms with Gasteiger partial charge >= 0.3 is 6.18 Å². The largest absolute Gasteiger partial charge is 0.490 e. The Bertz CT molecular complexity index is 1250. The van der Waals surface area contributed by atoms with Gasteiger partial charge in [-0.25, -0.2) is 8.78 Å². The SMILES string of the molecule is Cl.O=C(CCc1ccc(F)cc1)c1cc(F)ccc1OCC(O)CN1CCN(c2ccc(C(F)(F)F)cc2)CC1. The van der Waals surface area contributed by atoms with Crippen molar-refractivity contribution in [1.29, 1.82) is 0 Å². The van der Waals surface area contributed by atoms with E-state index in [-0.39, 0.29) is 48.3 Å². The third-order valence-corrected chi connectivity index (χ3v) is 6.63. The lowest BCUT2D eigenvalue weighted by Gasteiger charge is -2.37. The zero-order valence-electron chi connectivity index (χ0n) is 21.5. The molecule has 0 saturated carbocycles. The Labute approximate surface area is 235 Å². The van der Waals surface area contributed by atoms with E-state index in [9.17, 15) is 31.9 Å². The number of ketones is 1. The zero-order chi connectivity index (χ0) is 28.0. The molecule has 216 valence electrons. The van der Waals surface area contributed by atoms with Crippen molar-refractivity contribution >= 4 is 23.9 Å². The van der Waals surface area contributed by atoms with Crippen LogP contribution in [0.15, 0.2) is 66.7 Å². The molecule has 0 bridgehead atoms. The van der Waals surface area contributed by atoms with Crippen molar-refractivity contribution in [1.82, 2.24) is 4.90 Å². The Morgan fingerprint density at radius 2 is 1.52 bits per heavy atom. The smallest absolute Gasteiger partial charge is 0.416 e. The summed E-state index contributed by atoms with van der Waals surface area (Å²) in [6.07, 6.45) is -4.82. The Kier molecular flexibility index (Phi) is 10.9. The summed E-state index contributed by atoms with van der Waals surface area (Å²) >= 11 is 0. The van der Waals surface area contributed by atoms with E-state index in [1.54, 1.807) is 12.1 Å². The molecule has 1 unspecified atom stereocenters. The van der Waals surface area contributed by atoms with Crippen LogP contribution in [0.4, 0.5) is 27.6 Å². The maximum Gasteiger partial charge on any atom is 0.416 e. The summed E-state index contributed by atoms with van der Waals surface area (Å²) in [5.41, 5.74) is 0.873. The first-order chi connectivity index (χ1) is 18.6. The first kappa shape index (κ1) is 31.3. The molecule has 1 fully saturated rings. The number of aliphatic hydroxyl groups is 1. The average molecular weight is 585 g/mol. The van der Waals surface area contributed by atoms with Crippen molar-refractivity contribution in [3.63, 3.8) is 0 Å². The van der Waals surface area contributed by atoms with Crippen molar-refractivity contribution in [3.05, 3.63) is 95.1 Å². The third-order valence-electron chi connectivity index (χ3n) is 6.63. The maximum atomic E-state index is 13.9. The van der Waals surface area contributed by atoms with Crippen molar-refractivity contribution in [2.45, 2.75) is 25.1 Å². The fourth-order valence-corrected chi connectivity index (χ4v) is 4.48. The summed E-state index contributed by atoms with van der Waals surface area (Å²) in [5, 5.41) is 10.5. The average Bonchev–Trinajstić information content (AvgIpc) is 2.92. The number of ether oxygens (including phenoxy) is 1. The lowest BCUT2D eigenvalue weighted by atomic mass is 10.0. The predicted octanol–water partition coefficient (Wildman–Crippen LogP) is 5.78. The van der Waals surface area contributed by atoms with Gasteiger partial charge in [0.15, 0.2) is 5.78 Å². The molecule has 1 N–H and O–H groups in total. The quantitative estimate of drug-likeness (QED) is 0.242. The van der Waals surface area contributed by atoms with Crippen LogP contribution < -0.4 is 9.64 Å². The highest BCUT2D eigenvalue weighted by Crippen LogP contribution is 2.30. The van der Waals surface area contributed by atoms with Crippen LogP contribution in [0, 0.1) is 11.6 Å². The van der Waals surface area contributed by atoms with Crippen LogP contribution in [0.2, 0.25) is 0 Å². The third kappa shape index (κ3) is 8.64. The minimum Gasteiger partial charge on any atom is -0.490 e. The number of Topliss-reactive ketones (excluding diaryl/α,β-unsaturated/α-hetero) is 1. The Balaban J connectivity index is 0.00000441. The molecule has 1 atom stereocenters. The molecule has 0 aromatic heterocycles. The van der Waals surface area contributed by atoms with E-state index in [0.717, 1.165) is 23.8 Å². The number of rotatable bonds is 10. The lowest BCUT2D eigenvalue weighted by Crippen LogP contribution is -2.49. The molecule has 0 amide bonds. The molecule has 5 nitrogen and oxygen atoms in total. The van der Waals surface area contributed by atoms with Crippen LogP contribution in [-0.4, -0.2) is 61.2 Å². The zero-order valence-corrected chi connectivity index (χ0v) is 22.4. The number of benzene rings is 3. The van der Waals surface area contributed by atoms with Crippen LogP contribution >= 0.6 is 12.4 Å². The standard InChI is InChI=1S/C29H29F5N2O3.ClH/c30-22-6-1-20(2-7-22)3-11-27(38)26-17-23(31)8-12-28(26)39-19-25(37)18-35-13-15-36(16-14-35)24-9-4-21(5-10-24)29(32,33)34;/h1-2,4-10,12,17,25,37H,3,11,13-16,18-19H2;1H. The van der Waals surface area contributed by atoms with Crippen LogP contribution in [0.1, 0.15) is 27.9 Å². The molecule has 1 heterocycles. The minimum atomic E-state index is -4.37. The van der Waals surface area contributed by atoms with Gasteiger partial charge in [0.25, 0.3) is 0 Å². The van der Waals surface area contributed by atoms with Gasteiger partial charge in [-0.1, -0.05) is 12.1 Å². The molecule has 40 heavy (non-hydrogen) atoms. The number of aliphatic hydroxyl groups excluding tert-OH is 1. The normalized spacial score (nSPS) is 14.9. The number of carbonyl (C=O) groups is 1. The molecule has 4 rings (SSSR count). The molecule has 1 aliphatic heterocycles. The van der Waals surface area contributed by atoms with Crippen molar-refractivity contribution < 1.29 is 36.6 Å². The van der Waals surface area contributed by atoms with Gasteiger partial charge in [0.05, 0.1) is 11.1 Å². The van der Waals surface area contributed by atoms with Gasteiger partial charge in [0.1, 0.15) is 30.1 Å². The van der Waals surface area contributed by atoms with Crippen molar-refractivity contribution in [2.24, 2.45) is 0 Å². The van der Waals surface area contributed by atoms with Gasteiger partial charge in [-0.15, -0.1) is 12.4 Å². The van der Waals surface area contributed by atoms with E-state index in [4.69, 9.17) is 4.74 Å². The van der Waals surface area contributed by atoms with Gasteiger partial charge in [0.2, 0.25) is 0 Å². The second kappa shape index (κ2) is 13.9. The summed E-state index contributed by atoms with van der Waals surface area (Å²) < 4.78 is 71.1. The fourth-order valence-electron chi connectivity index (χ4n) is 4.48. The van der Waals surface area contributed by atoms with E-state index in [0.29, 0.717) is 44.8 Å². The number of hydrogen-bond acceptors (Lipinski definition) is 5. The van der Waals surface area contributed by atoms with E-state index in [1.807, 2.05) is 9.80 Å². The number of aryl methyl sites for hydroxylation is 1. The van der Waals surface area contributed by atoms with E-state index in [2.05, 4.69) is 0 Å². The number of carbonyl (C=O) groups excluding carboxylic acids is 1.